The van der Waals surface area contributed by atoms with Crippen molar-refractivity contribution in [2.75, 3.05) is 7.05 Å². The van der Waals surface area contributed by atoms with Crippen molar-refractivity contribution in [3.63, 3.8) is 0 Å². The predicted octanol–water partition coefficient (Wildman–Crippen LogP) is 3.33. The zero-order chi connectivity index (χ0) is 16.3. The van der Waals surface area contributed by atoms with Crippen LogP contribution in [0.4, 0.5) is 0 Å². The summed E-state index contributed by atoms with van der Waals surface area (Å²) in [5, 5.41) is 21.6. The van der Waals surface area contributed by atoms with Crippen molar-refractivity contribution < 1.29 is 10.2 Å². The number of aliphatic hydroxyl groups is 2. The Kier molecular flexibility index (Phi) is 3.88. The van der Waals surface area contributed by atoms with E-state index in [1.807, 2.05) is 6.07 Å². The summed E-state index contributed by atoms with van der Waals surface area (Å²) in [7, 11) is 1.79. The Morgan fingerprint density at radius 1 is 1.23 bits per heavy atom. The van der Waals surface area contributed by atoms with E-state index in [2.05, 4.69) is 32.9 Å². The fraction of sp³-hybridized carbons (Fsp3) is 0.647. The van der Waals surface area contributed by atoms with E-state index in [1.54, 1.807) is 11.9 Å². The van der Waals surface area contributed by atoms with Crippen molar-refractivity contribution in [2.45, 2.75) is 63.0 Å². The summed E-state index contributed by atoms with van der Waals surface area (Å²) in [6.07, 6.45) is 2.40. The van der Waals surface area contributed by atoms with Gasteiger partial charge in [0.2, 0.25) is 5.91 Å². The predicted molar refractivity (Wildman–Crippen MR) is 91.6 cm³/mol. The second-order valence-corrected chi connectivity index (χ2v) is 8.27. The molecule has 1 aromatic carbocycles. The van der Waals surface area contributed by atoms with Gasteiger partial charge in [0.05, 0.1) is 0 Å². The minimum Gasteiger partial charge on any atom is -0.354 e. The molecule has 2 atom stereocenters. The third kappa shape index (κ3) is 2.60. The van der Waals surface area contributed by atoms with Crippen LogP contribution in [0.3, 0.4) is 0 Å². The molecule has 2 N–H and O–H groups in total. The number of nitrogens with zero attached hydrogens (tertiary/aromatic N) is 1. The highest BCUT2D eigenvalue weighted by Gasteiger charge is 2.51. The van der Waals surface area contributed by atoms with Crippen LogP contribution in [0.1, 0.15) is 50.1 Å². The normalized spacial score (nSPS) is 30.4. The number of hydrogen-bond acceptors (Lipinski definition) is 3. The first-order valence-electron chi connectivity index (χ1n) is 8.10. The average Bonchev–Trinajstić information content (AvgIpc) is 2.72. The first kappa shape index (κ1) is 16.3. The van der Waals surface area contributed by atoms with Gasteiger partial charge in [0.25, 0.3) is 0 Å². The molecule has 1 fully saturated rings. The second-order valence-electron chi connectivity index (χ2n) is 7.83. The maximum absolute atomic E-state index is 10.4. The van der Waals surface area contributed by atoms with Crippen molar-refractivity contribution >= 4 is 18.3 Å². The molecule has 3 rings (SSSR count). The maximum Gasteiger partial charge on any atom is 0.218 e. The second kappa shape index (κ2) is 5.24. The van der Waals surface area contributed by atoms with Gasteiger partial charge >= 0.3 is 0 Å². The van der Waals surface area contributed by atoms with E-state index in [-0.39, 0.29) is 12.3 Å². The molecule has 1 heterocycles. The highest BCUT2D eigenvalue weighted by molar-refractivity contribution is 6.61. The molecule has 0 aromatic heterocycles. The van der Waals surface area contributed by atoms with E-state index in [1.165, 1.54) is 11.1 Å². The lowest BCUT2D eigenvalue weighted by Crippen LogP contribution is -2.63. The molecule has 3 nitrogen and oxygen atoms in total. The average molecular weight is 322 g/mol. The summed E-state index contributed by atoms with van der Waals surface area (Å²) >= 11 is 6.20. The van der Waals surface area contributed by atoms with Gasteiger partial charge in [0, 0.05) is 10.6 Å². The molecule has 0 saturated carbocycles. The first-order chi connectivity index (χ1) is 10.1. The lowest BCUT2D eigenvalue weighted by molar-refractivity contribution is -0.269. The van der Waals surface area contributed by atoms with Gasteiger partial charge in [-0.25, -0.2) is 0 Å². The SMILES string of the molecule is CC1C[C@@H](B2CC(C)(C)N(C)C(O)(O)C2)c2cc(Cl)ccc21. The van der Waals surface area contributed by atoms with E-state index in [4.69, 9.17) is 11.6 Å². The highest BCUT2D eigenvalue weighted by Crippen LogP contribution is 2.49. The van der Waals surface area contributed by atoms with E-state index < -0.39 is 5.91 Å². The van der Waals surface area contributed by atoms with Crippen molar-refractivity contribution in [3.05, 3.63) is 34.3 Å². The standard InChI is InChI=1S/C17H25BClNO2/c1-11-7-15(14-8-12(19)5-6-13(11)14)18-9-16(2,3)20(4)17(21,22)10-18/h5-6,8,11,15,21-22H,7,9-10H2,1-4H3/t11?,15-/m1/s1. The van der Waals surface area contributed by atoms with Crippen LogP contribution in [0, 0.1) is 0 Å². The molecule has 0 bridgehead atoms. The first-order valence-corrected chi connectivity index (χ1v) is 8.47. The van der Waals surface area contributed by atoms with Crippen LogP contribution in [0.15, 0.2) is 18.2 Å². The fourth-order valence-corrected chi connectivity index (χ4v) is 4.69. The molecule has 1 saturated heterocycles. The lowest BCUT2D eigenvalue weighted by atomic mass is 9.32. The van der Waals surface area contributed by atoms with Gasteiger partial charge in [0.15, 0.2) is 6.71 Å². The van der Waals surface area contributed by atoms with Crippen molar-refractivity contribution in [2.24, 2.45) is 0 Å². The molecule has 1 aliphatic heterocycles. The summed E-state index contributed by atoms with van der Waals surface area (Å²) in [5.74, 6) is -0.876. The summed E-state index contributed by atoms with van der Waals surface area (Å²) in [5.41, 5.74) is 2.44. The zero-order valence-corrected chi connectivity index (χ0v) is 14.6. The largest absolute Gasteiger partial charge is 0.354 e. The van der Waals surface area contributed by atoms with Crippen LogP contribution in [0.2, 0.25) is 17.7 Å². The lowest BCUT2D eigenvalue weighted by Gasteiger charge is -2.51. The molecule has 22 heavy (non-hydrogen) atoms. The van der Waals surface area contributed by atoms with Gasteiger partial charge in [-0.3, -0.25) is 4.90 Å². The molecule has 0 radical (unpaired) electrons. The van der Waals surface area contributed by atoms with Crippen LogP contribution >= 0.6 is 11.6 Å². The molecule has 1 unspecified atom stereocenters. The van der Waals surface area contributed by atoms with Crippen LogP contribution in [0.5, 0.6) is 0 Å². The van der Waals surface area contributed by atoms with Gasteiger partial charge in [-0.15, -0.1) is 0 Å². The maximum atomic E-state index is 10.4. The summed E-state index contributed by atoms with van der Waals surface area (Å²) in [6.45, 7) is 6.66. The Balaban J connectivity index is 1.95. The van der Waals surface area contributed by atoms with Crippen molar-refractivity contribution in [1.29, 1.82) is 0 Å². The quantitative estimate of drug-likeness (QED) is 0.616. The molecule has 5 heteroatoms. The Morgan fingerprint density at radius 3 is 2.55 bits per heavy atom. The molecular formula is C17H25BClNO2. The van der Waals surface area contributed by atoms with Crippen molar-refractivity contribution in [1.82, 2.24) is 4.90 Å². The summed E-state index contributed by atoms with van der Waals surface area (Å²) < 4.78 is 0. The van der Waals surface area contributed by atoms with Crippen LogP contribution < -0.4 is 0 Å². The smallest absolute Gasteiger partial charge is 0.218 e. The molecule has 0 spiro atoms. The molecule has 2 aliphatic rings. The minimum atomic E-state index is -1.74. The third-order valence-electron chi connectivity index (χ3n) is 5.90. The van der Waals surface area contributed by atoms with E-state index in [0.29, 0.717) is 18.1 Å². The third-order valence-corrected chi connectivity index (χ3v) is 6.13. The summed E-state index contributed by atoms with van der Waals surface area (Å²) in [4.78, 5) is 1.69. The van der Waals surface area contributed by atoms with E-state index >= 15 is 0 Å². The molecule has 1 aliphatic carbocycles. The molecule has 120 valence electrons. The number of benzene rings is 1. The Hall–Kier alpha value is -0.545. The Bertz CT molecular complexity index is 572. The van der Waals surface area contributed by atoms with E-state index in [9.17, 15) is 10.2 Å². The molecule has 1 aromatic rings. The molecule has 0 amide bonds. The summed E-state index contributed by atoms with van der Waals surface area (Å²) in [6, 6.07) is 6.17. The van der Waals surface area contributed by atoms with Crippen LogP contribution in [-0.4, -0.2) is 40.3 Å². The van der Waals surface area contributed by atoms with Gasteiger partial charge in [-0.1, -0.05) is 30.9 Å². The van der Waals surface area contributed by atoms with Crippen molar-refractivity contribution in [3.8, 4) is 0 Å². The minimum absolute atomic E-state index is 0.239. The number of fused-ring (bicyclic) bond motifs is 1. The number of halogens is 1. The fourth-order valence-electron chi connectivity index (χ4n) is 4.51. The van der Waals surface area contributed by atoms with Crippen LogP contribution in [0.25, 0.3) is 0 Å². The molecular weight excluding hydrogens is 296 g/mol. The topological polar surface area (TPSA) is 43.7 Å². The van der Waals surface area contributed by atoms with Gasteiger partial charge < -0.3 is 10.2 Å². The van der Waals surface area contributed by atoms with Gasteiger partial charge in [0.1, 0.15) is 0 Å². The number of hydrogen-bond donors (Lipinski definition) is 2. The Labute approximate surface area is 138 Å². The van der Waals surface area contributed by atoms with Gasteiger partial charge in [-0.05, 0) is 68.6 Å². The highest BCUT2D eigenvalue weighted by atomic mass is 35.5. The Morgan fingerprint density at radius 2 is 1.91 bits per heavy atom. The van der Waals surface area contributed by atoms with Crippen LogP contribution in [-0.2, 0) is 0 Å². The van der Waals surface area contributed by atoms with Gasteiger partial charge in [-0.2, -0.15) is 0 Å². The number of rotatable bonds is 1. The monoisotopic (exact) mass is 321 g/mol. The zero-order valence-electron chi connectivity index (χ0n) is 13.8. The van der Waals surface area contributed by atoms with E-state index in [0.717, 1.165) is 17.8 Å².